The Morgan fingerprint density at radius 3 is 2.82 bits per heavy atom. The average Bonchev–Trinajstić information content (AvgIpc) is 3.19. The summed E-state index contributed by atoms with van der Waals surface area (Å²) in [4.78, 5) is 38.2. The number of carboxylic acids is 1. The lowest BCUT2D eigenvalue weighted by Gasteiger charge is -2.49. The number of carboxylic acid groups (broad SMARTS) is 1. The van der Waals surface area contributed by atoms with E-state index in [0.29, 0.717) is 37.8 Å². The number of halogens is 2. The number of carbonyl (C=O) groups excluding carboxylic acids is 2. The largest absolute Gasteiger partial charge is 0.477 e. The lowest BCUT2D eigenvalue weighted by molar-refractivity contribution is -0.148. The Labute approximate surface area is 206 Å². The van der Waals surface area contributed by atoms with Crippen LogP contribution in [-0.4, -0.2) is 71.0 Å². The van der Waals surface area contributed by atoms with E-state index in [1.165, 1.54) is 33.1 Å². The second-order valence-electron chi connectivity index (χ2n) is 7.08. The normalized spacial score (nSPS) is 19.7. The fourth-order valence-corrected chi connectivity index (χ4v) is 6.13. The number of hydrogen-bond acceptors (Lipinski definition) is 8. The van der Waals surface area contributed by atoms with E-state index in [1.807, 2.05) is 0 Å². The number of aromatic nitrogens is 4. The molecule has 11 nitrogen and oxygen atoms in total. The summed E-state index contributed by atoms with van der Waals surface area (Å²) >= 11 is 14.6. The SMILES string of the molecule is Cn1nnnc1SCC1=C(C(=O)O)N2C(=O)C(NC(=O)NCc3ccc(Cl)cc3Cl)[C@@H]2SC1. The van der Waals surface area contributed by atoms with Gasteiger partial charge in [0.25, 0.3) is 5.91 Å². The third-order valence-electron chi connectivity index (χ3n) is 4.95. The van der Waals surface area contributed by atoms with Crippen molar-refractivity contribution in [3.63, 3.8) is 0 Å². The van der Waals surface area contributed by atoms with Gasteiger partial charge in [-0.25, -0.2) is 14.3 Å². The van der Waals surface area contributed by atoms with Gasteiger partial charge in [0.2, 0.25) is 5.16 Å². The van der Waals surface area contributed by atoms with E-state index in [2.05, 4.69) is 26.2 Å². The molecule has 2 aliphatic heterocycles. The molecule has 0 aliphatic carbocycles. The average molecular weight is 530 g/mol. The molecule has 1 fully saturated rings. The molecule has 2 atom stereocenters. The Bertz CT molecular complexity index is 1160. The molecule has 0 saturated carbocycles. The third-order valence-corrected chi connectivity index (χ3v) is 7.97. The van der Waals surface area contributed by atoms with Crippen LogP contribution in [0.4, 0.5) is 4.79 Å². The number of β-lactam (4-membered cyclic amide) rings is 1. The summed E-state index contributed by atoms with van der Waals surface area (Å²) in [6.45, 7) is 0.142. The number of thioether (sulfide) groups is 2. The molecule has 2 aliphatic rings. The molecule has 1 saturated heterocycles. The first-order valence-electron chi connectivity index (χ1n) is 9.49. The number of nitrogens with zero attached hydrogens (tertiary/aromatic N) is 5. The fraction of sp³-hybridized carbons (Fsp3) is 0.333. The summed E-state index contributed by atoms with van der Waals surface area (Å²) < 4.78 is 1.48. The van der Waals surface area contributed by atoms with Gasteiger partial charge >= 0.3 is 12.0 Å². The van der Waals surface area contributed by atoms with E-state index in [0.717, 1.165) is 0 Å². The zero-order chi connectivity index (χ0) is 23.7. The van der Waals surface area contributed by atoms with Gasteiger partial charge in [-0.05, 0) is 33.7 Å². The second kappa shape index (κ2) is 9.79. The van der Waals surface area contributed by atoms with Crippen LogP contribution in [0.3, 0.4) is 0 Å². The summed E-state index contributed by atoms with van der Waals surface area (Å²) in [5, 5.41) is 27.1. The first-order chi connectivity index (χ1) is 15.8. The highest BCUT2D eigenvalue weighted by molar-refractivity contribution is 8.01. The first kappa shape index (κ1) is 23.7. The Hall–Kier alpha value is -2.48. The van der Waals surface area contributed by atoms with Gasteiger partial charge in [0.15, 0.2) is 0 Å². The Balaban J connectivity index is 1.38. The monoisotopic (exact) mass is 529 g/mol. The molecule has 2 aromatic rings. The van der Waals surface area contributed by atoms with Crippen molar-refractivity contribution in [3.05, 3.63) is 45.1 Å². The van der Waals surface area contributed by atoms with Crippen LogP contribution in [0.1, 0.15) is 5.56 Å². The lowest BCUT2D eigenvalue weighted by atomic mass is 10.0. The highest BCUT2D eigenvalue weighted by Gasteiger charge is 2.54. The van der Waals surface area contributed by atoms with Crippen LogP contribution in [0.25, 0.3) is 0 Å². The van der Waals surface area contributed by atoms with Gasteiger partial charge in [0.1, 0.15) is 17.1 Å². The van der Waals surface area contributed by atoms with Crippen molar-refractivity contribution in [2.75, 3.05) is 11.5 Å². The van der Waals surface area contributed by atoms with Crippen molar-refractivity contribution < 1.29 is 19.5 Å². The Morgan fingerprint density at radius 1 is 1.36 bits per heavy atom. The van der Waals surface area contributed by atoms with Gasteiger partial charge in [-0.1, -0.05) is 41.0 Å². The number of aliphatic carboxylic acids is 1. The smallest absolute Gasteiger partial charge is 0.352 e. The van der Waals surface area contributed by atoms with Crippen LogP contribution >= 0.6 is 46.7 Å². The number of hydrogen-bond donors (Lipinski definition) is 3. The zero-order valence-corrected chi connectivity index (χ0v) is 20.1. The van der Waals surface area contributed by atoms with Crippen LogP contribution in [-0.2, 0) is 23.2 Å². The van der Waals surface area contributed by atoms with Crippen molar-refractivity contribution in [2.45, 2.75) is 23.1 Å². The quantitative estimate of drug-likeness (QED) is 0.360. The third kappa shape index (κ3) is 4.90. The summed E-state index contributed by atoms with van der Waals surface area (Å²) in [6.07, 6.45) is 0. The maximum absolute atomic E-state index is 12.7. The van der Waals surface area contributed by atoms with Crippen LogP contribution in [0.2, 0.25) is 10.0 Å². The molecule has 3 heterocycles. The molecule has 174 valence electrons. The summed E-state index contributed by atoms with van der Waals surface area (Å²) in [5.41, 5.74) is 1.20. The van der Waals surface area contributed by atoms with Gasteiger partial charge < -0.3 is 15.7 Å². The number of rotatable bonds is 7. The van der Waals surface area contributed by atoms with E-state index in [4.69, 9.17) is 23.2 Å². The maximum atomic E-state index is 12.7. The van der Waals surface area contributed by atoms with Crippen molar-refractivity contribution in [2.24, 2.45) is 7.05 Å². The molecule has 1 aromatic carbocycles. The highest BCUT2D eigenvalue weighted by atomic mass is 35.5. The van der Waals surface area contributed by atoms with E-state index < -0.39 is 29.3 Å². The van der Waals surface area contributed by atoms with Gasteiger partial charge in [0.05, 0.1) is 0 Å². The predicted octanol–water partition coefficient (Wildman–Crippen LogP) is 1.73. The van der Waals surface area contributed by atoms with E-state index >= 15 is 0 Å². The summed E-state index contributed by atoms with van der Waals surface area (Å²) in [5.74, 6) is -0.957. The minimum absolute atomic E-state index is 0.0576. The number of urea groups is 1. The molecule has 33 heavy (non-hydrogen) atoms. The molecule has 4 rings (SSSR count). The predicted molar refractivity (Wildman–Crippen MR) is 123 cm³/mol. The molecule has 0 spiro atoms. The van der Waals surface area contributed by atoms with Crippen molar-refractivity contribution in [1.82, 2.24) is 35.7 Å². The van der Waals surface area contributed by atoms with Crippen molar-refractivity contribution in [1.29, 1.82) is 0 Å². The molecule has 3 N–H and O–H groups in total. The summed E-state index contributed by atoms with van der Waals surface area (Å²) in [6, 6.07) is 3.53. The van der Waals surface area contributed by atoms with Gasteiger partial charge in [0, 0.05) is 35.1 Å². The number of tetrazole rings is 1. The molecule has 15 heteroatoms. The molecule has 3 amide bonds. The summed E-state index contributed by atoms with van der Waals surface area (Å²) in [7, 11) is 1.68. The van der Waals surface area contributed by atoms with E-state index in [-0.39, 0.29) is 12.2 Å². The van der Waals surface area contributed by atoms with Crippen LogP contribution in [0.15, 0.2) is 34.6 Å². The molecule has 1 aromatic heterocycles. The number of benzene rings is 1. The van der Waals surface area contributed by atoms with Crippen molar-refractivity contribution in [3.8, 4) is 0 Å². The molecule has 1 unspecified atom stereocenters. The number of nitrogens with one attached hydrogen (secondary N) is 2. The number of carbonyl (C=O) groups is 3. The fourth-order valence-electron chi connectivity index (χ4n) is 3.32. The second-order valence-corrected chi connectivity index (χ2v) is 9.97. The van der Waals surface area contributed by atoms with Crippen LogP contribution in [0.5, 0.6) is 0 Å². The lowest BCUT2D eigenvalue weighted by Crippen LogP contribution is -2.71. The first-order valence-corrected chi connectivity index (χ1v) is 12.3. The molecule has 0 radical (unpaired) electrons. The van der Waals surface area contributed by atoms with Crippen LogP contribution in [0, 0.1) is 0 Å². The van der Waals surface area contributed by atoms with Crippen LogP contribution < -0.4 is 10.6 Å². The molecular weight excluding hydrogens is 513 g/mol. The topological polar surface area (TPSA) is 142 Å². The Morgan fingerprint density at radius 2 is 2.15 bits per heavy atom. The number of aryl methyl sites for hydroxylation is 1. The maximum Gasteiger partial charge on any atom is 0.352 e. The minimum Gasteiger partial charge on any atom is -0.477 e. The number of fused-ring (bicyclic) bond motifs is 1. The van der Waals surface area contributed by atoms with E-state index in [1.54, 1.807) is 25.2 Å². The van der Waals surface area contributed by atoms with E-state index in [9.17, 15) is 19.5 Å². The highest BCUT2D eigenvalue weighted by Crippen LogP contribution is 2.41. The molecular formula is C18H17Cl2N7O4S2. The van der Waals surface area contributed by atoms with Gasteiger partial charge in [-0.2, -0.15) is 0 Å². The molecule has 0 bridgehead atoms. The van der Waals surface area contributed by atoms with Gasteiger partial charge in [-0.15, -0.1) is 16.9 Å². The van der Waals surface area contributed by atoms with Gasteiger partial charge in [-0.3, -0.25) is 9.69 Å². The zero-order valence-electron chi connectivity index (χ0n) is 17.0. The van der Waals surface area contributed by atoms with Crippen molar-refractivity contribution >= 4 is 64.6 Å². The standard InChI is InChI=1S/C18H17Cl2N7O4S2/c1-26-18(23-24-25-26)33-7-9-6-32-15-12(14(28)27(15)13(9)16(29)30)22-17(31)21-5-8-2-3-10(19)4-11(8)20/h2-4,12,15H,5-7H2,1H3,(H,29,30)(H2,21,22,31)/t12?,15-/m0/s1. The number of amides is 3. The Kier molecular flexibility index (Phi) is 7.02. The minimum atomic E-state index is -1.19.